The Morgan fingerprint density at radius 3 is 2.81 bits per heavy atom. The first-order valence-electron chi connectivity index (χ1n) is 4.77. The minimum Gasteiger partial charge on any atom is -0.480 e. The maximum atomic E-state index is 5.20. The Balaban J connectivity index is 2.41. The van der Waals surface area contributed by atoms with Gasteiger partial charge in [-0.05, 0) is 7.05 Å². The largest absolute Gasteiger partial charge is 0.480 e. The van der Waals surface area contributed by atoms with Crippen LogP contribution in [-0.2, 0) is 0 Å². The number of rotatable bonds is 4. The molecule has 0 spiro atoms. The summed E-state index contributed by atoms with van der Waals surface area (Å²) in [7, 11) is 3.46. The van der Waals surface area contributed by atoms with Crippen LogP contribution in [0.3, 0.4) is 0 Å². The van der Waals surface area contributed by atoms with E-state index in [4.69, 9.17) is 4.74 Å². The van der Waals surface area contributed by atoms with Crippen LogP contribution < -0.4 is 10.1 Å². The predicted octanol–water partition coefficient (Wildman–Crippen LogP) is 1.25. The van der Waals surface area contributed by atoms with Gasteiger partial charge < -0.3 is 10.1 Å². The third-order valence-electron chi connectivity index (χ3n) is 2.18. The van der Waals surface area contributed by atoms with Crippen molar-refractivity contribution in [3.8, 4) is 5.88 Å². The van der Waals surface area contributed by atoms with Crippen molar-refractivity contribution in [3.05, 3.63) is 34.7 Å². The molecule has 0 aliphatic heterocycles. The van der Waals surface area contributed by atoms with E-state index in [1.165, 1.54) is 0 Å². The lowest BCUT2D eigenvalue weighted by atomic mass is 10.2. The summed E-state index contributed by atoms with van der Waals surface area (Å²) in [6.07, 6.45) is 5.09. The molecule has 2 heterocycles. The summed E-state index contributed by atoms with van der Waals surface area (Å²) in [5.74, 6) is 0.537. The molecule has 16 heavy (non-hydrogen) atoms. The fourth-order valence-corrected chi connectivity index (χ4v) is 2.20. The summed E-state index contributed by atoms with van der Waals surface area (Å²) < 4.78 is 5.20. The van der Waals surface area contributed by atoms with E-state index in [1.807, 2.05) is 13.2 Å². The van der Waals surface area contributed by atoms with Gasteiger partial charge in [-0.15, -0.1) is 11.3 Å². The lowest BCUT2D eigenvalue weighted by Crippen LogP contribution is -2.19. The van der Waals surface area contributed by atoms with Gasteiger partial charge in [-0.1, -0.05) is 0 Å². The van der Waals surface area contributed by atoms with Crippen LogP contribution in [0.2, 0.25) is 0 Å². The topological polar surface area (TPSA) is 59.9 Å². The maximum absolute atomic E-state index is 5.20. The van der Waals surface area contributed by atoms with Gasteiger partial charge in [0, 0.05) is 23.5 Å². The molecule has 1 atom stereocenters. The van der Waals surface area contributed by atoms with Gasteiger partial charge in [0.05, 0.1) is 18.7 Å². The SMILES string of the molecule is CNC(c1cncs1)c1nccnc1OC. The van der Waals surface area contributed by atoms with Gasteiger partial charge in [0.2, 0.25) is 5.88 Å². The molecule has 1 N–H and O–H groups in total. The average Bonchev–Trinajstić information content (AvgIpc) is 2.84. The van der Waals surface area contributed by atoms with Gasteiger partial charge in [-0.2, -0.15) is 0 Å². The smallest absolute Gasteiger partial charge is 0.237 e. The highest BCUT2D eigenvalue weighted by Crippen LogP contribution is 2.27. The van der Waals surface area contributed by atoms with Crippen molar-refractivity contribution in [2.45, 2.75) is 6.04 Å². The minimum absolute atomic E-state index is 0.0313. The first-order valence-corrected chi connectivity index (χ1v) is 5.65. The summed E-state index contributed by atoms with van der Waals surface area (Å²) in [5, 5.41) is 3.18. The Morgan fingerprint density at radius 1 is 1.38 bits per heavy atom. The second-order valence-electron chi connectivity index (χ2n) is 3.08. The van der Waals surface area contributed by atoms with Crippen LogP contribution in [-0.4, -0.2) is 29.1 Å². The third-order valence-corrected chi connectivity index (χ3v) is 3.02. The number of methoxy groups -OCH3 is 1. The second kappa shape index (κ2) is 5.00. The van der Waals surface area contributed by atoms with Crippen molar-refractivity contribution >= 4 is 11.3 Å². The van der Waals surface area contributed by atoms with Crippen LogP contribution in [0.5, 0.6) is 5.88 Å². The highest BCUT2D eigenvalue weighted by atomic mass is 32.1. The molecule has 0 radical (unpaired) electrons. The minimum atomic E-state index is -0.0313. The Bertz CT molecular complexity index is 446. The van der Waals surface area contributed by atoms with Crippen LogP contribution >= 0.6 is 11.3 Å². The van der Waals surface area contributed by atoms with Crippen molar-refractivity contribution in [1.82, 2.24) is 20.3 Å². The molecule has 84 valence electrons. The van der Waals surface area contributed by atoms with Gasteiger partial charge in [0.1, 0.15) is 5.69 Å². The second-order valence-corrected chi connectivity index (χ2v) is 3.99. The zero-order valence-electron chi connectivity index (χ0n) is 9.04. The van der Waals surface area contributed by atoms with Crippen LogP contribution in [0.25, 0.3) is 0 Å². The molecule has 6 heteroatoms. The van der Waals surface area contributed by atoms with E-state index in [1.54, 1.807) is 36.4 Å². The number of thiazole rings is 1. The first kappa shape index (κ1) is 11.0. The fraction of sp³-hybridized carbons (Fsp3) is 0.300. The average molecular weight is 236 g/mol. The van der Waals surface area contributed by atoms with E-state index in [9.17, 15) is 0 Å². The van der Waals surface area contributed by atoms with E-state index in [-0.39, 0.29) is 6.04 Å². The molecule has 0 bridgehead atoms. The number of ether oxygens (including phenoxy) is 1. The first-order chi connectivity index (χ1) is 7.86. The standard InChI is InChI=1S/C10H12N4OS/c1-11-8(7-5-12-6-16-7)9-10(15-2)14-4-3-13-9/h3-6,8,11H,1-2H3. The molecule has 1 unspecified atom stereocenters. The van der Waals surface area contributed by atoms with Crippen LogP contribution in [0.4, 0.5) is 0 Å². The lowest BCUT2D eigenvalue weighted by Gasteiger charge is -2.15. The molecule has 0 aliphatic rings. The number of hydrogen-bond acceptors (Lipinski definition) is 6. The number of nitrogens with zero attached hydrogens (tertiary/aromatic N) is 3. The van der Waals surface area contributed by atoms with E-state index >= 15 is 0 Å². The predicted molar refractivity (Wildman–Crippen MR) is 61.6 cm³/mol. The highest BCUT2D eigenvalue weighted by molar-refractivity contribution is 7.09. The highest BCUT2D eigenvalue weighted by Gasteiger charge is 2.19. The third kappa shape index (κ3) is 2.02. The van der Waals surface area contributed by atoms with Gasteiger partial charge >= 0.3 is 0 Å². The van der Waals surface area contributed by atoms with E-state index < -0.39 is 0 Å². The molecule has 2 aromatic rings. The zero-order chi connectivity index (χ0) is 11.4. The van der Waals surface area contributed by atoms with Crippen molar-refractivity contribution in [2.24, 2.45) is 0 Å². The molecule has 0 fully saturated rings. The van der Waals surface area contributed by atoms with Crippen molar-refractivity contribution < 1.29 is 4.74 Å². The quantitative estimate of drug-likeness (QED) is 0.865. The van der Waals surface area contributed by atoms with E-state index in [0.29, 0.717) is 5.88 Å². The zero-order valence-corrected chi connectivity index (χ0v) is 9.86. The van der Waals surface area contributed by atoms with Crippen molar-refractivity contribution in [1.29, 1.82) is 0 Å². The molecule has 0 saturated heterocycles. The van der Waals surface area contributed by atoms with Crippen LogP contribution in [0, 0.1) is 0 Å². The van der Waals surface area contributed by atoms with Crippen molar-refractivity contribution in [2.75, 3.05) is 14.2 Å². The molecule has 2 rings (SSSR count). The fourth-order valence-electron chi connectivity index (χ4n) is 1.47. The van der Waals surface area contributed by atoms with Gasteiger partial charge in [0.25, 0.3) is 0 Å². The summed E-state index contributed by atoms with van der Waals surface area (Å²) in [6, 6.07) is -0.0313. The lowest BCUT2D eigenvalue weighted by molar-refractivity contribution is 0.384. The molecule has 2 aromatic heterocycles. The van der Waals surface area contributed by atoms with E-state index in [2.05, 4.69) is 20.3 Å². The summed E-state index contributed by atoms with van der Waals surface area (Å²) >= 11 is 1.57. The molecule has 0 aliphatic carbocycles. The Hall–Kier alpha value is -1.53. The number of hydrogen-bond donors (Lipinski definition) is 1. The van der Waals surface area contributed by atoms with Crippen LogP contribution in [0.1, 0.15) is 16.6 Å². The number of nitrogens with one attached hydrogen (secondary N) is 1. The van der Waals surface area contributed by atoms with Crippen LogP contribution in [0.15, 0.2) is 24.1 Å². The molecule has 0 amide bonds. The molecule has 5 nitrogen and oxygen atoms in total. The van der Waals surface area contributed by atoms with E-state index in [0.717, 1.165) is 10.6 Å². The summed E-state index contributed by atoms with van der Waals surface area (Å²) in [4.78, 5) is 13.6. The van der Waals surface area contributed by atoms with Crippen molar-refractivity contribution in [3.63, 3.8) is 0 Å². The number of aromatic nitrogens is 3. The molecular formula is C10H12N4OS. The Morgan fingerprint density at radius 2 is 2.19 bits per heavy atom. The van der Waals surface area contributed by atoms with Gasteiger partial charge in [-0.25, -0.2) is 4.98 Å². The summed E-state index contributed by atoms with van der Waals surface area (Å²) in [5.41, 5.74) is 2.57. The molecule has 0 saturated carbocycles. The summed E-state index contributed by atoms with van der Waals surface area (Å²) in [6.45, 7) is 0. The molecule has 0 aromatic carbocycles. The van der Waals surface area contributed by atoms with Gasteiger partial charge in [-0.3, -0.25) is 9.97 Å². The monoisotopic (exact) mass is 236 g/mol. The molecular weight excluding hydrogens is 224 g/mol. The normalized spacial score (nSPS) is 12.4. The maximum Gasteiger partial charge on any atom is 0.237 e. The Kier molecular flexibility index (Phi) is 3.43. The Labute approximate surface area is 97.5 Å². The van der Waals surface area contributed by atoms with Gasteiger partial charge in [0.15, 0.2) is 0 Å².